The summed E-state index contributed by atoms with van der Waals surface area (Å²) in [7, 11) is 0. The molecule has 0 bridgehead atoms. The number of aliphatic hydroxyl groups is 3. The van der Waals surface area contributed by atoms with Crippen LogP contribution in [0.15, 0.2) is 0 Å². The minimum absolute atomic E-state index is 0. The van der Waals surface area contributed by atoms with Crippen molar-refractivity contribution in [3.05, 3.63) is 13.8 Å². The zero-order valence-corrected chi connectivity index (χ0v) is 42.1. The zero-order chi connectivity index (χ0) is 37.8. The molecule has 3 atom stereocenters. The molecule has 0 spiro atoms. The number of nitrogens with zero attached hydrogens (tertiary/aromatic N) is 1. The Morgan fingerprint density at radius 1 is 0.423 bits per heavy atom. The first-order chi connectivity index (χ1) is 24.4. The third kappa shape index (κ3) is 53.7. The fourth-order valence-electron chi connectivity index (χ4n) is 6.54. The molecule has 1 radical (unpaired) electrons. The molecule has 0 amide bonds. The summed E-state index contributed by atoms with van der Waals surface area (Å²) >= 11 is 0. The molecule has 0 saturated heterocycles. The van der Waals surface area contributed by atoms with Crippen LogP contribution in [0.25, 0.3) is 0 Å². The molecule has 52 heavy (non-hydrogen) atoms. The average Bonchev–Trinajstić information content (AvgIpc) is 3.12. The van der Waals surface area contributed by atoms with E-state index in [9.17, 15) is 15.3 Å². The van der Waals surface area contributed by atoms with Crippen LogP contribution in [0.3, 0.4) is 0 Å². The second kappa shape index (κ2) is 57.0. The van der Waals surface area contributed by atoms with Gasteiger partial charge in [0.05, 0.1) is 18.8 Å². The van der Waals surface area contributed by atoms with Gasteiger partial charge in [0.25, 0.3) is 0 Å². The van der Waals surface area contributed by atoms with Gasteiger partial charge in [-0.2, -0.15) is 12.8 Å². The smallest absolute Gasteiger partial charge is 0.0586 e. The van der Waals surface area contributed by atoms with Crippen LogP contribution < -0.4 is 0 Å². The van der Waals surface area contributed by atoms with Gasteiger partial charge in [-0.15, -0.1) is 0 Å². The number of hydrogen-bond acceptors (Lipinski definition) is 4. The topological polar surface area (TPSA) is 63.9 Å². The van der Waals surface area contributed by atoms with Crippen molar-refractivity contribution in [2.75, 3.05) is 19.7 Å². The SMILES string of the molecule is CCCCCCCCC(O)CCCCCC.CCCCCCCCC(O)CCCCCC.[CH2-]CCCCCN(CCCCC[CH2-])C(CC)CO.[W].[Y]. The van der Waals surface area contributed by atoms with Crippen LogP contribution in [0.2, 0.25) is 0 Å². The Morgan fingerprint density at radius 2 is 0.692 bits per heavy atom. The number of unbranched alkanes of at least 4 members (excludes halogenated alkanes) is 22. The molecule has 0 aromatic heterocycles. The Labute approximate surface area is 369 Å². The van der Waals surface area contributed by atoms with Crippen molar-refractivity contribution in [1.82, 2.24) is 4.90 Å². The van der Waals surface area contributed by atoms with Gasteiger partial charge in [0.15, 0.2) is 0 Å². The van der Waals surface area contributed by atoms with E-state index in [4.69, 9.17) is 0 Å². The van der Waals surface area contributed by atoms with Gasteiger partial charge < -0.3 is 29.2 Å². The van der Waals surface area contributed by atoms with Gasteiger partial charge in [-0.3, -0.25) is 4.90 Å². The number of rotatable bonds is 37. The fourth-order valence-corrected chi connectivity index (χ4v) is 6.54. The maximum atomic E-state index is 9.75. The Morgan fingerprint density at radius 3 is 0.962 bits per heavy atom. The summed E-state index contributed by atoms with van der Waals surface area (Å²) in [4.78, 5) is 2.48. The molecule has 0 aliphatic rings. The maximum absolute atomic E-state index is 9.75. The summed E-state index contributed by atoms with van der Waals surface area (Å²) < 4.78 is 0. The van der Waals surface area contributed by atoms with Crippen LogP contribution in [0.1, 0.15) is 247 Å². The van der Waals surface area contributed by atoms with E-state index in [0.717, 1.165) is 58.0 Å². The van der Waals surface area contributed by atoms with Crippen molar-refractivity contribution in [3.8, 4) is 0 Å². The van der Waals surface area contributed by atoms with Crippen LogP contribution in [-0.4, -0.2) is 58.2 Å². The third-order valence-corrected chi connectivity index (χ3v) is 10.2. The number of aliphatic hydroxyl groups excluding tert-OH is 3. The first-order valence-electron chi connectivity index (χ1n) is 22.7. The molecule has 315 valence electrons. The second-order valence-corrected chi connectivity index (χ2v) is 15.2. The first kappa shape index (κ1) is 62.8. The Bertz CT molecular complexity index is 528. The van der Waals surface area contributed by atoms with Crippen molar-refractivity contribution in [2.45, 2.75) is 265 Å². The van der Waals surface area contributed by atoms with Crippen molar-refractivity contribution in [1.29, 1.82) is 0 Å². The van der Waals surface area contributed by atoms with Crippen LogP contribution in [0, 0.1) is 13.8 Å². The summed E-state index contributed by atoms with van der Waals surface area (Å²) in [6, 6.07) is 0.351. The molecule has 0 aliphatic heterocycles. The average molecular weight is 985 g/mol. The van der Waals surface area contributed by atoms with Crippen molar-refractivity contribution in [3.63, 3.8) is 0 Å². The molecule has 0 heterocycles. The molecule has 0 aromatic carbocycles. The fraction of sp³-hybridized carbons (Fsp3) is 0.957. The molecule has 3 unspecified atom stereocenters. The summed E-state index contributed by atoms with van der Waals surface area (Å²) in [6.45, 7) is 21.4. The van der Waals surface area contributed by atoms with Gasteiger partial charge in [-0.1, -0.05) is 189 Å². The van der Waals surface area contributed by atoms with Crippen molar-refractivity contribution in [2.24, 2.45) is 0 Å². The molecular formula is C46H97NO3WY-2. The molecule has 0 aromatic rings. The Hall–Kier alpha value is 1.63. The van der Waals surface area contributed by atoms with Gasteiger partial charge in [-0.05, 0) is 58.0 Å². The molecule has 6 heteroatoms. The standard InChI is InChI=1S/C16H33NO.2C15H32O.W.Y/c1-4-7-9-11-13-17(16(6-3)15-18)14-12-10-8-5-2;2*1-3-5-7-9-10-12-14-15(16)13-11-8-6-4-2;;/h16,18H,1-2,4-15H2,3H3;2*15-16H,3-14H2,1-2H3;;/q-2;;;;. The molecule has 4 nitrogen and oxygen atoms in total. The molecular weight excluding hydrogens is 887 g/mol. The van der Waals surface area contributed by atoms with Crippen LogP contribution in [0.4, 0.5) is 0 Å². The second-order valence-electron chi connectivity index (χ2n) is 15.2. The Kier molecular flexibility index (Phi) is 68.8. The van der Waals surface area contributed by atoms with E-state index >= 15 is 0 Å². The van der Waals surface area contributed by atoms with Gasteiger partial charge in [0.2, 0.25) is 0 Å². The van der Waals surface area contributed by atoms with E-state index in [1.54, 1.807) is 0 Å². The van der Waals surface area contributed by atoms with Crippen molar-refractivity contribution < 1.29 is 69.1 Å². The summed E-state index contributed by atoms with van der Waals surface area (Å²) in [5.74, 6) is 0. The van der Waals surface area contributed by atoms with E-state index in [1.807, 2.05) is 0 Å². The summed E-state index contributed by atoms with van der Waals surface area (Å²) in [5, 5.41) is 28.9. The monoisotopic (exact) mass is 985 g/mol. The van der Waals surface area contributed by atoms with Gasteiger partial charge >= 0.3 is 0 Å². The minimum Gasteiger partial charge on any atom is -0.395 e. The number of hydrogen-bond donors (Lipinski definition) is 3. The van der Waals surface area contributed by atoms with Crippen molar-refractivity contribution >= 4 is 0 Å². The quantitative estimate of drug-likeness (QED) is 0.0429. The van der Waals surface area contributed by atoms with E-state index in [2.05, 4.69) is 53.4 Å². The maximum Gasteiger partial charge on any atom is 0.0586 e. The molecule has 0 aliphatic carbocycles. The third-order valence-electron chi connectivity index (χ3n) is 10.2. The summed E-state index contributed by atoms with van der Waals surface area (Å²) in [6.07, 6.45) is 40.8. The van der Waals surface area contributed by atoms with E-state index in [1.165, 1.54) is 167 Å². The van der Waals surface area contributed by atoms with Crippen LogP contribution >= 0.6 is 0 Å². The largest absolute Gasteiger partial charge is 0.395 e. The normalized spacial score (nSPS) is 12.5. The van der Waals surface area contributed by atoms with E-state index in [-0.39, 0.29) is 66.0 Å². The van der Waals surface area contributed by atoms with Gasteiger partial charge in [-0.25, -0.2) is 0 Å². The predicted molar refractivity (Wildman–Crippen MR) is 226 cm³/mol. The minimum atomic E-state index is -0.0250. The van der Waals surface area contributed by atoms with E-state index in [0.29, 0.717) is 12.6 Å². The first-order valence-corrected chi connectivity index (χ1v) is 22.7. The molecule has 0 rings (SSSR count). The van der Waals surface area contributed by atoms with Crippen LogP contribution in [-0.2, 0) is 53.8 Å². The van der Waals surface area contributed by atoms with E-state index < -0.39 is 0 Å². The molecule has 0 fully saturated rings. The summed E-state index contributed by atoms with van der Waals surface area (Å²) in [5.41, 5.74) is 0. The van der Waals surface area contributed by atoms with Crippen LogP contribution in [0.5, 0.6) is 0 Å². The predicted octanol–water partition coefficient (Wildman–Crippen LogP) is 14.0. The molecule has 0 saturated carbocycles. The Balaban J connectivity index is -0.000000209. The molecule has 3 N–H and O–H groups in total. The van der Waals surface area contributed by atoms with Gasteiger partial charge in [0.1, 0.15) is 0 Å². The zero-order valence-electron chi connectivity index (χ0n) is 36.4. The van der Waals surface area contributed by atoms with Gasteiger partial charge in [0, 0.05) is 59.8 Å².